The lowest BCUT2D eigenvalue weighted by Crippen LogP contribution is -2.36. The zero-order valence-electron chi connectivity index (χ0n) is 18.6. The standard InChI is InChI=1S/C22H25ClF3N5O3/c1-2-33-19(32)14-4-3-6-21(12-14)7-9-31(13-21)20-28-16(23)11-18(30-20)29-17-10-15(5-8-27-17)34-22(24,25)26/h5,8,10-11,14H,2-4,6-7,9,12-13H2,1H3,(H,27,28,29,30). The molecular weight excluding hydrogens is 475 g/mol. The van der Waals surface area contributed by atoms with E-state index in [0.717, 1.165) is 44.2 Å². The van der Waals surface area contributed by atoms with Crippen LogP contribution in [-0.4, -0.2) is 47.0 Å². The number of nitrogens with one attached hydrogen (secondary N) is 1. The van der Waals surface area contributed by atoms with Crippen LogP contribution in [0.3, 0.4) is 0 Å². The zero-order valence-corrected chi connectivity index (χ0v) is 19.3. The van der Waals surface area contributed by atoms with Gasteiger partial charge in [0.15, 0.2) is 0 Å². The molecule has 3 heterocycles. The fraction of sp³-hybridized carbons (Fsp3) is 0.545. The molecule has 2 aromatic rings. The molecule has 2 aromatic heterocycles. The number of carbonyl (C=O) groups is 1. The van der Waals surface area contributed by atoms with Crippen molar-refractivity contribution in [3.05, 3.63) is 29.5 Å². The molecule has 0 aromatic carbocycles. The highest BCUT2D eigenvalue weighted by Gasteiger charge is 2.44. The number of carbonyl (C=O) groups excluding carboxylic acids is 1. The first-order valence-corrected chi connectivity index (χ1v) is 11.5. The zero-order chi connectivity index (χ0) is 24.3. The number of halogens is 4. The molecule has 1 aliphatic carbocycles. The summed E-state index contributed by atoms with van der Waals surface area (Å²) in [5.41, 5.74) is -0.0141. The average Bonchev–Trinajstić information content (AvgIpc) is 3.16. The summed E-state index contributed by atoms with van der Waals surface area (Å²) in [6.07, 6.45) is 0.876. The van der Waals surface area contributed by atoms with E-state index in [9.17, 15) is 18.0 Å². The topological polar surface area (TPSA) is 89.5 Å². The number of pyridine rings is 1. The molecule has 1 N–H and O–H groups in total. The molecule has 1 saturated heterocycles. The Labute approximate surface area is 199 Å². The molecule has 1 aliphatic heterocycles. The van der Waals surface area contributed by atoms with E-state index in [2.05, 4.69) is 25.0 Å². The molecule has 2 fully saturated rings. The van der Waals surface area contributed by atoms with Crippen molar-refractivity contribution in [3.63, 3.8) is 0 Å². The van der Waals surface area contributed by atoms with Crippen molar-refractivity contribution < 1.29 is 27.4 Å². The number of alkyl halides is 3. The Morgan fingerprint density at radius 2 is 2.12 bits per heavy atom. The second-order valence-electron chi connectivity index (χ2n) is 8.64. The number of anilines is 3. The minimum absolute atomic E-state index is 0.0141. The quantitative estimate of drug-likeness (QED) is 0.433. The summed E-state index contributed by atoms with van der Waals surface area (Å²) in [7, 11) is 0. The second kappa shape index (κ2) is 9.81. The van der Waals surface area contributed by atoms with E-state index in [1.54, 1.807) is 0 Å². The van der Waals surface area contributed by atoms with Gasteiger partial charge in [0.2, 0.25) is 5.95 Å². The Morgan fingerprint density at radius 3 is 2.88 bits per heavy atom. The Balaban J connectivity index is 1.47. The Morgan fingerprint density at radius 1 is 1.29 bits per heavy atom. The van der Waals surface area contributed by atoms with Gasteiger partial charge in [-0.2, -0.15) is 4.98 Å². The van der Waals surface area contributed by atoms with E-state index in [4.69, 9.17) is 16.3 Å². The fourth-order valence-corrected chi connectivity index (χ4v) is 4.99. The van der Waals surface area contributed by atoms with Crippen LogP contribution in [0.2, 0.25) is 5.15 Å². The minimum Gasteiger partial charge on any atom is -0.466 e. The van der Waals surface area contributed by atoms with E-state index in [-0.39, 0.29) is 28.3 Å². The van der Waals surface area contributed by atoms with Crippen LogP contribution in [0.1, 0.15) is 39.0 Å². The van der Waals surface area contributed by atoms with E-state index in [1.807, 2.05) is 11.8 Å². The molecule has 2 atom stereocenters. The maximum atomic E-state index is 12.5. The molecule has 1 saturated carbocycles. The summed E-state index contributed by atoms with van der Waals surface area (Å²) in [5.74, 6) is 0.192. The van der Waals surface area contributed by atoms with Crippen molar-refractivity contribution in [1.29, 1.82) is 0 Å². The van der Waals surface area contributed by atoms with Gasteiger partial charge in [0.25, 0.3) is 0 Å². The van der Waals surface area contributed by atoms with Gasteiger partial charge in [-0.05, 0) is 44.1 Å². The Kier molecular flexibility index (Phi) is 7.01. The Bertz CT molecular complexity index is 1040. The smallest absolute Gasteiger partial charge is 0.466 e. The molecule has 0 radical (unpaired) electrons. The number of nitrogens with zero attached hydrogens (tertiary/aromatic N) is 4. The molecule has 1 spiro atoms. The number of hydrogen-bond acceptors (Lipinski definition) is 8. The SMILES string of the molecule is CCOC(=O)C1CCCC2(CCN(c3nc(Cl)cc(Nc4cc(OC(F)(F)F)ccn4)n3)C2)C1. The third-order valence-electron chi connectivity index (χ3n) is 6.18. The van der Waals surface area contributed by atoms with E-state index < -0.39 is 12.1 Å². The highest BCUT2D eigenvalue weighted by Crippen LogP contribution is 2.47. The number of hydrogen-bond donors (Lipinski definition) is 1. The molecule has 34 heavy (non-hydrogen) atoms. The first kappa shape index (κ1) is 24.3. The van der Waals surface area contributed by atoms with E-state index in [1.165, 1.54) is 12.3 Å². The fourth-order valence-electron chi connectivity index (χ4n) is 4.81. The number of aromatic nitrogens is 3. The molecule has 184 valence electrons. The summed E-state index contributed by atoms with van der Waals surface area (Å²) in [4.78, 5) is 27.2. The molecular formula is C22H25ClF3N5O3. The lowest BCUT2D eigenvalue weighted by Gasteiger charge is -2.37. The first-order chi connectivity index (χ1) is 16.1. The first-order valence-electron chi connectivity index (χ1n) is 11.1. The van der Waals surface area contributed by atoms with Gasteiger partial charge in [0.1, 0.15) is 22.5 Å². The van der Waals surface area contributed by atoms with Crippen LogP contribution < -0.4 is 15.0 Å². The maximum absolute atomic E-state index is 12.5. The lowest BCUT2D eigenvalue weighted by atomic mass is 9.69. The van der Waals surface area contributed by atoms with Crippen molar-refractivity contribution in [2.75, 3.05) is 29.9 Å². The summed E-state index contributed by atoms with van der Waals surface area (Å²) in [6, 6.07) is 3.69. The van der Waals surface area contributed by atoms with Crippen molar-refractivity contribution in [2.24, 2.45) is 11.3 Å². The third kappa shape index (κ3) is 5.99. The maximum Gasteiger partial charge on any atom is 0.573 e. The van der Waals surface area contributed by atoms with Crippen LogP contribution in [-0.2, 0) is 9.53 Å². The van der Waals surface area contributed by atoms with Gasteiger partial charge in [-0.15, -0.1) is 13.2 Å². The van der Waals surface area contributed by atoms with Crippen molar-refractivity contribution in [3.8, 4) is 5.75 Å². The normalized spacial score (nSPS) is 22.6. The molecule has 4 rings (SSSR count). The highest BCUT2D eigenvalue weighted by atomic mass is 35.5. The molecule has 2 aliphatic rings. The van der Waals surface area contributed by atoms with Gasteiger partial charge in [0.05, 0.1) is 12.5 Å². The van der Waals surface area contributed by atoms with Crippen molar-refractivity contribution >= 4 is 35.2 Å². The Hall–Kier alpha value is -2.82. The van der Waals surface area contributed by atoms with Crippen LogP contribution in [0.15, 0.2) is 24.4 Å². The van der Waals surface area contributed by atoms with Gasteiger partial charge in [0, 0.05) is 31.4 Å². The number of esters is 1. The van der Waals surface area contributed by atoms with Gasteiger partial charge in [-0.1, -0.05) is 18.0 Å². The summed E-state index contributed by atoms with van der Waals surface area (Å²) >= 11 is 6.22. The lowest BCUT2D eigenvalue weighted by molar-refractivity contribution is -0.274. The molecule has 0 bridgehead atoms. The molecule has 2 unspecified atom stereocenters. The van der Waals surface area contributed by atoms with Gasteiger partial charge < -0.3 is 19.7 Å². The summed E-state index contributed by atoms with van der Waals surface area (Å²) in [6.45, 7) is 3.59. The van der Waals surface area contributed by atoms with Crippen LogP contribution in [0.25, 0.3) is 0 Å². The van der Waals surface area contributed by atoms with Crippen LogP contribution in [0.5, 0.6) is 5.75 Å². The van der Waals surface area contributed by atoms with Crippen LogP contribution >= 0.6 is 11.6 Å². The predicted octanol–water partition coefficient (Wildman–Crippen LogP) is 5.12. The average molecular weight is 500 g/mol. The van der Waals surface area contributed by atoms with E-state index >= 15 is 0 Å². The van der Waals surface area contributed by atoms with Crippen LogP contribution in [0.4, 0.5) is 30.8 Å². The molecule has 12 heteroatoms. The van der Waals surface area contributed by atoms with Crippen molar-refractivity contribution in [2.45, 2.75) is 45.4 Å². The summed E-state index contributed by atoms with van der Waals surface area (Å²) < 4.78 is 46.7. The second-order valence-corrected chi connectivity index (χ2v) is 9.03. The highest BCUT2D eigenvalue weighted by molar-refractivity contribution is 6.29. The monoisotopic (exact) mass is 499 g/mol. The number of ether oxygens (including phenoxy) is 2. The van der Waals surface area contributed by atoms with Gasteiger partial charge in [-0.3, -0.25) is 4.79 Å². The number of rotatable bonds is 6. The van der Waals surface area contributed by atoms with Crippen LogP contribution in [0, 0.1) is 11.3 Å². The molecule has 8 nitrogen and oxygen atoms in total. The predicted molar refractivity (Wildman–Crippen MR) is 119 cm³/mol. The van der Waals surface area contributed by atoms with Gasteiger partial charge >= 0.3 is 12.3 Å². The third-order valence-corrected chi connectivity index (χ3v) is 6.38. The van der Waals surface area contributed by atoms with E-state index in [0.29, 0.717) is 31.5 Å². The summed E-state index contributed by atoms with van der Waals surface area (Å²) in [5, 5.41) is 3.04. The van der Waals surface area contributed by atoms with Gasteiger partial charge in [-0.25, -0.2) is 9.97 Å². The molecule has 0 amide bonds. The largest absolute Gasteiger partial charge is 0.573 e. The van der Waals surface area contributed by atoms with Crippen molar-refractivity contribution in [1.82, 2.24) is 15.0 Å². The minimum atomic E-state index is -4.80.